The number of hydrogen-bond acceptors (Lipinski definition) is 2. The first-order chi connectivity index (χ1) is 10.0. The van der Waals surface area contributed by atoms with Gasteiger partial charge in [-0.15, -0.1) is 0 Å². The predicted octanol–water partition coefficient (Wildman–Crippen LogP) is 4.76. The number of aryl methyl sites for hydroxylation is 1. The average molecular weight is 280 g/mol. The van der Waals surface area contributed by atoms with E-state index in [0.717, 1.165) is 17.1 Å². The van der Waals surface area contributed by atoms with Crippen molar-refractivity contribution in [3.05, 3.63) is 65.2 Å². The summed E-state index contributed by atoms with van der Waals surface area (Å²) in [4.78, 5) is 0. The topological polar surface area (TPSA) is 18.5 Å². The van der Waals surface area contributed by atoms with E-state index in [1.807, 2.05) is 32.0 Å². The lowest BCUT2D eigenvalue weighted by Crippen LogP contribution is -2.27. The number of hydrogen-bond donors (Lipinski definition) is 0. The molecule has 2 aromatic carbocycles. The molecule has 2 nitrogen and oxygen atoms in total. The molecular weight excluding hydrogens is 260 g/mol. The van der Waals surface area contributed by atoms with E-state index < -0.39 is 0 Å². The highest BCUT2D eigenvalue weighted by Gasteiger charge is 2.21. The third-order valence-electron chi connectivity index (χ3n) is 3.55. The molecule has 2 heteroatoms. The first-order valence-electron chi connectivity index (χ1n) is 7.22. The Balaban J connectivity index is 1.73. The van der Waals surface area contributed by atoms with E-state index in [-0.39, 0.29) is 5.60 Å². The first kappa shape index (κ1) is 13.7. The number of ether oxygens (including phenoxy) is 2. The molecule has 0 aromatic heterocycles. The highest BCUT2D eigenvalue weighted by atomic mass is 16.5. The molecule has 0 atom stereocenters. The lowest BCUT2D eigenvalue weighted by atomic mass is 10.0. The molecule has 0 saturated heterocycles. The molecule has 2 aromatic rings. The maximum Gasteiger partial charge on any atom is 0.131 e. The van der Waals surface area contributed by atoms with Crippen molar-refractivity contribution >= 4 is 6.08 Å². The average Bonchev–Trinajstić information content (AvgIpc) is 2.45. The second-order valence-electron chi connectivity index (χ2n) is 6.01. The van der Waals surface area contributed by atoms with E-state index in [4.69, 9.17) is 9.47 Å². The van der Waals surface area contributed by atoms with Crippen molar-refractivity contribution in [1.29, 1.82) is 0 Å². The molecule has 0 unspecified atom stereocenters. The van der Waals surface area contributed by atoms with Crippen LogP contribution in [0.2, 0.25) is 0 Å². The maximum absolute atomic E-state index is 5.96. The van der Waals surface area contributed by atoms with E-state index >= 15 is 0 Å². The lowest BCUT2D eigenvalue weighted by Gasteiger charge is -2.28. The van der Waals surface area contributed by atoms with Crippen LogP contribution in [0, 0.1) is 6.92 Å². The SMILES string of the molecule is Cc1ccc(COc2ccc3c(c2)OC(C)(C)C=C3)cc1. The van der Waals surface area contributed by atoms with E-state index in [9.17, 15) is 0 Å². The Bertz CT molecular complexity index is 666. The Morgan fingerprint density at radius 2 is 1.81 bits per heavy atom. The molecule has 1 heterocycles. The van der Waals surface area contributed by atoms with Gasteiger partial charge in [0.15, 0.2) is 0 Å². The van der Waals surface area contributed by atoms with Crippen molar-refractivity contribution in [2.24, 2.45) is 0 Å². The standard InChI is InChI=1S/C19H20O2/c1-14-4-6-15(7-5-14)13-20-17-9-8-16-10-11-19(2,3)21-18(16)12-17/h4-12H,13H2,1-3H3. The largest absolute Gasteiger partial charge is 0.489 e. The lowest BCUT2D eigenvalue weighted by molar-refractivity contribution is 0.158. The van der Waals surface area contributed by atoms with Crippen LogP contribution in [-0.4, -0.2) is 5.60 Å². The second kappa shape index (κ2) is 5.28. The number of fused-ring (bicyclic) bond motifs is 1. The molecule has 21 heavy (non-hydrogen) atoms. The van der Waals surface area contributed by atoms with Crippen LogP contribution in [0.3, 0.4) is 0 Å². The van der Waals surface area contributed by atoms with Crippen LogP contribution in [0.25, 0.3) is 6.08 Å². The zero-order valence-corrected chi connectivity index (χ0v) is 12.7. The third kappa shape index (κ3) is 3.27. The summed E-state index contributed by atoms with van der Waals surface area (Å²) in [6.45, 7) is 6.75. The first-order valence-corrected chi connectivity index (χ1v) is 7.22. The van der Waals surface area contributed by atoms with Gasteiger partial charge in [-0.05, 0) is 44.5 Å². The van der Waals surface area contributed by atoms with Gasteiger partial charge in [-0.3, -0.25) is 0 Å². The minimum absolute atomic E-state index is 0.261. The van der Waals surface area contributed by atoms with Gasteiger partial charge >= 0.3 is 0 Å². The van der Waals surface area contributed by atoms with Crippen LogP contribution in [0.15, 0.2) is 48.5 Å². The van der Waals surface area contributed by atoms with Gasteiger partial charge in [0, 0.05) is 11.6 Å². The molecule has 0 saturated carbocycles. The Hall–Kier alpha value is -2.22. The molecule has 0 spiro atoms. The fourth-order valence-corrected chi connectivity index (χ4v) is 2.29. The molecule has 0 bridgehead atoms. The normalized spacial score (nSPS) is 15.2. The monoisotopic (exact) mass is 280 g/mol. The summed E-state index contributed by atoms with van der Waals surface area (Å²) in [5.74, 6) is 1.71. The van der Waals surface area contributed by atoms with Crippen molar-refractivity contribution in [3.63, 3.8) is 0 Å². The van der Waals surface area contributed by atoms with Crippen molar-refractivity contribution in [2.45, 2.75) is 33.0 Å². The quantitative estimate of drug-likeness (QED) is 0.807. The Labute approximate surface area is 126 Å². The van der Waals surface area contributed by atoms with E-state index in [2.05, 4.69) is 43.3 Å². The molecule has 0 aliphatic carbocycles. The summed E-state index contributed by atoms with van der Waals surface area (Å²) in [5, 5.41) is 0. The van der Waals surface area contributed by atoms with Crippen molar-refractivity contribution < 1.29 is 9.47 Å². The maximum atomic E-state index is 5.96. The van der Waals surface area contributed by atoms with Crippen LogP contribution >= 0.6 is 0 Å². The molecule has 108 valence electrons. The summed E-state index contributed by atoms with van der Waals surface area (Å²) >= 11 is 0. The predicted molar refractivity (Wildman–Crippen MR) is 85.7 cm³/mol. The molecule has 1 aliphatic heterocycles. The zero-order valence-electron chi connectivity index (χ0n) is 12.7. The second-order valence-corrected chi connectivity index (χ2v) is 6.01. The van der Waals surface area contributed by atoms with Crippen LogP contribution in [0.1, 0.15) is 30.5 Å². The Morgan fingerprint density at radius 1 is 1.05 bits per heavy atom. The van der Waals surface area contributed by atoms with Gasteiger partial charge < -0.3 is 9.47 Å². The molecule has 0 radical (unpaired) electrons. The van der Waals surface area contributed by atoms with Crippen LogP contribution in [-0.2, 0) is 6.61 Å². The zero-order chi connectivity index (χ0) is 14.9. The van der Waals surface area contributed by atoms with Gasteiger partial charge in [-0.25, -0.2) is 0 Å². The fourth-order valence-electron chi connectivity index (χ4n) is 2.29. The molecule has 1 aliphatic rings. The van der Waals surface area contributed by atoms with Gasteiger partial charge in [0.1, 0.15) is 23.7 Å². The summed E-state index contributed by atoms with van der Waals surface area (Å²) in [6.07, 6.45) is 4.17. The van der Waals surface area contributed by atoms with E-state index in [1.165, 1.54) is 11.1 Å². The van der Waals surface area contributed by atoms with Gasteiger partial charge in [0.25, 0.3) is 0 Å². The molecule has 0 amide bonds. The van der Waals surface area contributed by atoms with Crippen LogP contribution in [0.4, 0.5) is 0 Å². The fraction of sp³-hybridized carbons (Fsp3) is 0.263. The van der Waals surface area contributed by atoms with Crippen molar-refractivity contribution in [2.75, 3.05) is 0 Å². The summed E-state index contributed by atoms with van der Waals surface area (Å²) < 4.78 is 11.8. The van der Waals surface area contributed by atoms with Crippen molar-refractivity contribution in [3.8, 4) is 11.5 Å². The van der Waals surface area contributed by atoms with Crippen LogP contribution in [0.5, 0.6) is 11.5 Å². The minimum atomic E-state index is -0.261. The molecule has 0 fully saturated rings. The van der Waals surface area contributed by atoms with Gasteiger partial charge in [0.05, 0.1) is 0 Å². The van der Waals surface area contributed by atoms with E-state index in [1.54, 1.807) is 0 Å². The Kier molecular flexibility index (Phi) is 3.46. The summed E-state index contributed by atoms with van der Waals surface area (Å²) in [6, 6.07) is 14.4. The summed E-state index contributed by atoms with van der Waals surface area (Å²) in [7, 11) is 0. The number of benzene rings is 2. The van der Waals surface area contributed by atoms with Crippen molar-refractivity contribution in [1.82, 2.24) is 0 Å². The Morgan fingerprint density at radius 3 is 2.57 bits per heavy atom. The molecule has 0 N–H and O–H groups in total. The van der Waals surface area contributed by atoms with Crippen LogP contribution < -0.4 is 9.47 Å². The molecular formula is C19H20O2. The number of rotatable bonds is 3. The van der Waals surface area contributed by atoms with Gasteiger partial charge in [-0.2, -0.15) is 0 Å². The minimum Gasteiger partial charge on any atom is -0.489 e. The highest BCUT2D eigenvalue weighted by molar-refractivity contribution is 5.62. The van der Waals surface area contributed by atoms with Gasteiger partial charge in [-0.1, -0.05) is 35.9 Å². The van der Waals surface area contributed by atoms with E-state index in [0.29, 0.717) is 6.61 Å². The van der Waals surface area contributed by atoms with Gasteiger partial charge in [0.2, 0.25) is 0 Å². The summed E-state index contributed by atoms with van der Waals surface area (Å²) in [5.41, 5.74) is 3.26. The highest BCUT2D eigenvalue weighted by Crippen LogP contribution is 2.33. The smallest absolute Gasteiger partial charge is 0.131 e. The molecule has 3 rings (SSSR count). The third-order valence-corrected chi connectivity index (χ3v) is 3.55.